The van der Waals surface area contributed by atoms with E-state index >= 15 is 0 Å². The fraction of sp³-hybridized carbons (Fsp3) is 0.500. The number of carbonyl (C=O) groups is 1. The molecule has 1 atom stereocenters. The van der Waals surface area contributed by atoms with E-state index in [0.29, 0.717) is 0 Å². The zero-order valence-corrected chi connectivity index (χ0v) is 8.90. The second-order valence-electron chi connectivity index (χ2n) is 2.95. The maximum atomic E-state index is 11.5. The predicted octanol–water partition coefficient (Wildman–Crippen LogP) is 1.47. The molecule has 0 saturated carbocycles. The molecule has 0 aliphatic carbocycles. The summed E-state index contributed by atoms with van der Waals surface area (Å²) in [6.45, 7) is 0.877. The number of hydrogen-bond donors (Lipinski definition) is 0. The monoisotopic (exact) mass is 214 g/mol. The molecule has 5 heteroatoms. The first-order chi connectivity index (χ1) is 6.27. The lowest BCUT2D eigenvalue weighted by molar-refractivity contribution is -0.126. The summed E-state index contributed by atoms with van der Waals surface area (Å²) in [7, 11) is 1.85. The Morgan fingerprint density at radius 1 is 1.77 bits per heavy atom. The van der Waals surface area contributed by atoms with Crippen LogP contribution in [0.4, 0.5) is 0 Å². The van der Waals surface area contributed by atoms with Gasteiger partial charge in [0.15, 0.2) is 4.34 Å². The maximum Gasteiger partial charge on any atom is 0.235 e. The Labute approximate surface area is 85.2 Å². The molecule has 1 amide bonds. The molecule has 2 rings (SSSR count). The van der Waals surface area contributed by atoms with Gasteiger partial charge in [0.2, 0.25) is 5.91 Å². The molecule has 1 aromatic heterocycles. The Hall–Kier alpha value is -0.550. The summed E-state index contributed by atoms with van der Waals surface area (Å²) in [4.78, 5) is 17.4. The van der Waals surface area contributed by atoms with Crippen LogP contribution in [0.15, 0.2) is 15.9 Å². The fourth-order valence-electron chi connectivity index (χ4n) is 1.29. The molecular formula is C8H10N2OS2. The number of amides is 1. The summed E-state index contributed by atoms with van der Waals surface area (Å²) in [5.74, 6) is 0.236. The molecule has 1 aromatic rings. The van der Waals surface area contributed by atoms with Crippen LogP contribution in [0.5, 0.6) is 0 Å². The SMILES string of the molecule is CN1CCC(Sc2nccs2)C1=O. The van der Waals surface area contributed by atoms with Gasteiger partial charge in [0.25, 0.3) is 0 Å². The molecule has 1 aliphatic heterocycles. The first kappa shape index (κ1) is 9.02. The third kappa shape index (κ3) is 1.86. The van der Waals surface area contributed by atoms with Gasteiger partial charge in [-0.25, -0.2) is 4.98 Å². The van der Waals surface area contributed by atoms with Crippen LogP contribution in [0, 0.1) is 0 Å². The summed E-state index contributed by atoms with van der Waals surface area (Å²) in [5, 5.41) is 2.03. The van der Waals surface area contributed by atoms with E-state index in [1.807, 2.05) is 12.4 Å². The van der Waals surface area contributed by atoms with E-state index in [0.717, 1.165) is 17.3 Å². The molecule has 70 valence electrons. The van der Waals surface area contributed by atoms with Crippen molar-refractivity contribution >= 4 is 29.0 Å². The van der Waals surface area contributed by atoms with E-state index in [1.54, 1.807) is 34.2 Å². The van der Waals surface area contributed by atoms with E-state index < -0.39 is 0 Å². The number of thiazole rings is 1. The van der Waals surface area contributed by atoms with Gasteiger partial charge in [-0.05, 0) is 6.42 Å². The summed E-state index contributed by atoms with van der Waals surface area (Å²) in [6.07, 6.45) is 2.72. The third-order valence-corrected chi connectivity index (χ3v) is 4.20. The minimum Gasteiger partial charge on any atom is -0.345 e. The highest BCUT2D eigenvalue weighted by Crippen LogP contribution is 2.31. The zero-order chi connectivity index (χ0) is 9.26. The third-order valence-electron chi connectivity index (χ3n) is 2.03. The molecule has 0 spiro atoms. The van der Waals surface area contributed by atoms with Crippen molar-refractivity contribution in [1.82, 2.24) is 9.88 Å². The van der Waals surface area contributed by atoms with Crippen LogP contribution in [0.25, 0.3) is 0 Å². The molecule has 0 bridgehead atoms. The van der Waals surface area contributed by atoms with E-state index in [2.05, 4.69) is 4.98 Å². The second kappa shape index (κ2) is 3.67. The molecule has 0 N–H and O–H groups in total. The lowest BCUT2D eigenvalue weighted by Gasteiger charge is -2.07. The molecule has 2 heterocycles. The normalized spacial score (nSPS) is 22.7. The zero-order valence-electron chi connectivity index (χ0n) is 7.27. The van der Waals surface area contributed by atoms with Gasteiger partial charge in [-0.1, -0.05) is 11.8 Å². The highest BCUT2D eigenvalue weighted by Gasteiger charge is 2.30. The van der Waals surface area contributed by atoms with Gasteiger partial charge in [-0.2, -0.15) is 0 Å². The quantitative estimate of drug-likeness (QED) is 0.747. The first-order valence-electron chi connectivity index (χ1n) is 4.08. The highest BCUT2D eigenvalue weighted by atomic mass is 32.2. The molecule has 1 aliphatic rings. The molecule has 1 unspecified atom stereocenters. The van der Waals surface area contributed by atoms with Crippen LogP contribution in [0.3, 0.4) is 0 Å². The van der Waals surface area contributed by atoms with Crippen LogP contribution in [0.2, 0.25) is 0 Å². The van der Waals surface area contributed by atoms with Gasteiger partial charge in [0.05, 0.1) is 5.25 Å². The molecule has 1 saturated heterocycles. The molecule has 13 heavy (non-hydrogen) atoms. The molecule has 0 radical (unpaired) electrons. The smallest absolute Gasteiger partial charge is 0.235 e. The van der Waals surface area contributed by atoms with Gasteiger partial charge < -0.3 is 4.90 Å². The number of carbonyl (C=O) groups excluding carboxylic acids is 1. The van der Waals surface area contributed by atoms with Gasteiger partial charge >= 0.3 is 0 Å². The second-order valence-corrected chi connectivity index (χ2v) is 5.30. The van der Waals surface area contributed by atoms with E-state index in [9.17, 15) is 4.79 Å². The Balaban J connectivity index is 2.00. The lowest BCUT2D eigenvalue weighted by Crippen LogP contribution is -2.23. The van der Waals surface area contributed by atoms with Crippen LogP contribution >= 0.6 is 23.1 Å². The summed E-state index contributed by atoms with van der Waals surface area (Å²) < 4.78 is 0.994. The minimum atomic E-state index is 0.0937. The Kier molecular flexibility index (Phi) is 2.55. The number of aromatic nitrogens is 1. The van der Waals surface area contributed by atoms with E-state index in [4.69, 9.17) is 0 Å². The van der Waals surface area contributed by atoms with Crippen LogP contribution < -0.4 is 0 Å². The largest absolute Gasteiger partial charge is 0.345 e. The van der Waals surface area contributed by atoms with Crippen molar-refractivity contribution in [3.05, 3.63) is 11.6 Å². The first-order valence-corrected chi connectivity index (χ1v) is 5.84. The summed E-state index contributed by atoms with van der Waals surface area (Å²) >= 11 is 3.18. The number of nitrogens with zero attached hydrogens (tertiary/aromatic N) is 2. The van der Waals surface area contributed by atoms with E-state index in [-0.39, 0.29) is 11.2 Å². The lowest BCUT2D eigenvalue weighted by atomic mass is 10.4. The minimum absolute atomic E-state index is 0.0937. The average Bonchev–Trinajstić information content (AvgIpc) is 2.71. The van der Waals surface area contributed by atoms with Gasteiger partial charge in [0, 0.05) is 25.2 Å². The van der Waals surface area contributed by atoms with Crippen molar-refractivity contribution in [1.29, 1.82) is 0 Å². The van der Waals surface area contributed by atoms with Crippen LogP contribution in [0.1, 0.15) is 6.42 Å². The maximum absolute atomic E-state index is 11.5. The molecule has 1 fully saturated rings. The molecule has 3 nitrogen and oxygen atoms in total. The van der Waals surface area contributed by atoms with Crippen molar-refractivity contribution in [2.24, 2.45) is 0 Å². The fourth-order valence-corrected chi connectivity index (χ4v) is 3.26. The van der Waals surface area contributed by atoms with Crippen molar-refractivity contribution in [3.63, 3.8) is 0 Å². The highest BCUT2D eigenvalue weighted by molar-refractivity contribution is 8.02. The standard InChI is InChI=1S/C8H10N2OS2/c1-10-4-2-6(7(10)11)13-8-9-3-5-12-8/h3,5-6H,2,4H2,1H3. The van der Waals surface area contributed by atoms with E-state index in [1.165, 1.54) is 0 Å². The van der Waals surface area contributed by atoms with Crippen LogP contribution in [-0.2, 0) is 4.79 Å². The summed E-state index contributed by atoms with van der Waals surface area (Å²) in [5.41, 5.74) is 0. The average molecular weight is 214 g/mol. The van der Waals surface area contributed by atoms with Crippen molar-refractivity contribution < 1.29 is 4.79 Å². The Morgan fingerprint density at radius 3 is 3.15 bits per heavy atom. The van der Waals surface area contributed by atoms with Gasteiger partial charge in [0.1, 0.15) is 0 Å². The topological polar surface area (TPSA) is 33.2 Å². The number of likely N-dealkylation sites (tertiary alicyclic amines) is 1. The van der Waals surface area contributed by atoms with Gasteiger partial charge in [-0.3, -0.25) is 4.79 Å². The molecular weight excluding hydrogens is 204 g/mol. The van der Waals surface area contributed by atoms with Gasteiger partial charge in [-0.15, -0.1) is 11.3 Å². The molecule has 0 aromatic carbocycles. The van der Waals surface area contributed by atoms with Crippen molar-refractivity contribution in [3.8, 4) is 0 Å². The number of hydrogen-bond acceptors (Lipinski definition) is 4. The Morgan fingerprint density at radius 2 is 2.62 bits per heavy atom. The predicted molar refractivity (Wildman–Crippen MR) is 54.0 cm³/mol. The van der Waals surface area contributed by atoms with Crippen LogP contribution in [-0.4, -0.2) is 34.6 Å². The van der Waals surface area contributed by atoms with Crippen molar-refractivity contribution in [2.75, 3.05) is 13.6 Å². The summed E-state index contributed by atoms with van der Waals surface area (Å²) in [6, 6.07) is 0. The Bertz CT molecular complexity index is 299. The van der Waals surface area contributed by atoms with Crippen molar-refractivity contribution in [2.45, 2.75) is 16.0 Å². The number of thioether (sulfide) groups is 1. The number of rotatable bonds is 2.